The number of amides is 1. The molecule has 1 atom stereocenters. The van der Waals surface area contributed by atoms with Gasteiger partial charge in [-0.25, -0.2) is 14.6 Å². The second-order valence-electron chi connectivity index (χ2n) is 12.1. The summed E-state index contributed by atoms with van der Waals surface area (Å²) in [5.74, 6) is -1.43. The van der Waals surface area contributed by atoms with Crippen molar-refractivity contribution in [1.82, 2.24) is 20.3 Å². The summed E-state index contributed by atoms with van der Waals surface area (Å²) in [7, 11) is 0. The molecular formula is C41H38N6O7. The van der Waals surface area contributed by atoms with E-state index in [1.165, 1.54) is 0 Å². The van der Waals surface area contributed by atoms with Crippen LogP contribution in [0.2, 0.25) is 0 Å². The summed E-state index contributed by atoms with van der Waals surface area (Å²) < 4.78 is 5.50. The van der Waals surface area contributed by atoms with Crippen LogP contribution in [-0.2, 0) is 19.3 Å². The van der Waals surface area contributed by atoms with Crippen molar-refractivity contribution in [1.29, 1.82) is 0 Å². The molecule has 2 N–H and O–H groups in total. The molecule has 6 rings (SSSR count). The molecule has 13 heteroatoms. The van der Waals surface area contributed by atoms with Crippen LogP contribution in [0.4, 0.5) is 0 Å². The number of carboxylic acid groups (broad SMARTS) is 1. The topological polar surface area (TPSA) is 178 Å². The summed E-state index contributed by atoms with van der Waals surface area (Å²) in [4.78, 5) is 59.0. The number of oxime groups is 2. The van der Waals surface area contributed by atoms with E-state index in [0.717, 1.165) is 16.7 Å². The molecule has 1 amide bonds. The zero-order chi connectivity index (χ0) is 38.3. The van der Waals surface area contributed by atoms with Gasteiger partial charge in [-0.2, -0.15) is 0 Å². The fourth-order valence-corrected chi connectivity index (χ4v) is 5.16. The Morgan fingerprint density at radius 2 is 1.28 bits per heavy atom. The maximum atomic E-state index is 12.7. The molecule has 0 aliphatic carbocycles. The first-order valence-corrected chi connectivity index (χ1v) is 17.0. The highest BCUT2D eigenvalue weighted by molar-refractivity contribution is 6.12. The molecule has 3 aromatic heterocycles. The molecule has 0 radical (unpaired) electrons. The number of hydrogen-bond acceptors (Lipinski definition) is 11. The minimum atomic E-state index is -1.07. The van der Waals surface area contributed by atoms with Crippen molar-refractivity contribution in [3.05, 3.63) is 172 Å². The number of benzene rings is 3. The number of hydrogen-bond donors (Lipinski definition) is 2. The Labute approximate surface area is 311 Å². The average molecular weight is 727 g/mol. The van der Waals surface area contributed by atoms with Gasteiger partial charge in [0, 0.05) is 23.5 Å². The molecule has 3 aromatic carbocycles. The third kappa shape index (κ3) is 10.5. The van der Waals surface area contributed by atoms with E-state index in [4.69, 9.17) is 19.2 Å². The lowest BCUT2D eigenvalue weighted by Crippen LogP contribution is -2.35. The third-order valence-electron chi connectivity index (χ3n) is 7.74. The number of aromatic nitrogens is 3. The van der Waals surface area contributed by atoms with Crippen molar-refractivity contribution < 1.29 is 28.8 Å². The fourth-order valence-electron chi connectivity index (χ4n) is 5.16. The monoisotopic (exact) mass is 726 g/mol. The summed E-state index contributed by atoms with van der Waals surface area (Å²) in [6, 6.07) is 34.5. The van der Waals surface area contributed by atoms with Gasteiger partial charge in [-0.1, -0.05) is 109 Å². The molecule has 0 fully saturated rings. The molecule has 6 aromatic rings. The van der Waals surface area contributed by atoms with Gasteiger partial charge in [0.1, 0.15) is 17.5 Å². The second-order valence-corrected chi connectivity index (χ2v) is 12.1. The third-order valence-corrected chi connectivity index (χ3v) is 7.74. The van der Waals surface area contributed by atoms with Crippen molar-refractivity contribution in [3.63, 3.8) is 0 Å². The second kappa shape index (κ2) is 19.0. The Morgan fingerprint density at radius 1 is 0.741 bits per heavy atom. The van der Waals surface area contributed by atoms with Crippen LogP contribution in [0.5, 0.6) is 0 Å². The van der Waals surface area contributed by atoms with Crippen LogP contribution in [0.15, 0.2) is 147 Å². The van der Waals surface area contributed by atoms with Gasteiger partial charge < -0.3 is 24.5 Å². The van der Waals surface area contributed by atoms with Gasteiger partial charge in [-0.15, -0.1) is 0 Å². The minimum Gasteiger partial charge on any atom is -0.479 e. The molecule has 3 heterocycles. The summed E-state index contributed by atoms with van der Waals surface area (Å²) in [6.07, 6.45) is 3.31. The van der Waals surface area contributed by atoms with Crippen molar-refractivity contribution in [2.75, 3.05) is 13.2 Å². The molecule has 0 spiro atoms. The highest BCUT2D eigenvalue weighted by atomic mass is 16.6. The van der Waals surface area contributed by atoms with Crippen LogP contribution in [0.3, 0.4) is 0 Å². The van der Waals surface area contributed by atoms with Crippen molar-refractivity contribution in [2.45, 2.75) is 26.8 Å². The number of carboxylic acids is 1. The SMILES string of the molecule is Cc1cccc2nc([C@@H](NC(=O)CON=C(c3ccccc3)c3ccccn3)C(C)C)oc(=O)c12.O=C(O)CON=C(c1ccccc1)c1ccccn1. The number of fused-ring (bicyclic) bond motifs is 1. The predicted octanol–water partition coefficient (Wildman–Crippen LogP) is 6.11. The molecule has 0 aliphatic heterocycles. The van der Waals surface area contributed by atoms with Gasteiger partial charge in [-0.05, 0) is 48.7 Å². The van der Waals surface area contributed by atoms with E-state index in [0.29, 0.717) is 33.7 Å². The Kier molecular flexibility index (Phi) is 13.4. The predicted molar refractivity (Wildman–Crippen MR) is 203 cm³/mol. The summed E-state index contributed by atoms with van der Waals surface area (Å²) in [6.45, 7) is 4.82. The lowest BCUT2D eigenvalue weighted by molar-refractivity contribution is -0.142. The molecule has 274 valence electrons. The number of rotatable bonds is 13. The van der Waals surface area contributed by atoms with Gasteiger partial charge >= 0.3 is 11.6 Å². The highest BCUT2D eigenvalue weighted by Gasteiger charge is 2.24. The summed E-state index contributed by atoms with van der Waals surface area (Å²) >= 11 is 0. The number of pyridine rings is 2. The quantitative estimate of drug-likeness (QED) is 0.104. The lowest BCUT2D eigenvalue weighted by atomic mass is 10.0. The fraction of sp³-hybridized carbons (Fsp3) is 0.171. The minimum absolute atomic E-state index is 0.0891. The van der Waals surface area contributed by atoms with Crippen LogP contribution in [-0.4, -0.2) is 56.6 Å². The lowest BCUT2D eigenvalue weighted by Gasteiger charge is -2.20. The number of carbonyl (C=O) groups is 2. The Morgan fingerprint density at radius 3 is 1.78 bits per heavy atom. The van der Waals surface area contributed by atoms with E-state index in [1.807, 2.05) is 118 Å². The molecular weight excluding hydrogens is 688 g/mol. The number of nitrogens with zero attached hydrogens (tertiary/aromatic N) is 5. The molecule has 0 saturated heterocycles. The average Bonchev–Trinajstić information content (AvgIpc) is 3.18. The van der Waals surface area contributed by atoms with Crippen molar-refractivity contribution in [2.24, 2.45) is 16.2 Å². The molecule has 0 aliphatic rings. The Hall–Kier alpha value is -7.02. The van der Waals surface area contributed by atoms with Crippen LogP contribution >= 0.6 is 0 Å². The highest BCUT2D eigenvalue weighted by Crippen LogP contribution is 2.22. The number of aryl methyl sites for hydroxylation is 1. The van der Waals surface area contributed by atoms with Gasteiger partial charge in [0.05, 0.1) is 22.3 Å². The first-order chi connectivity index (χ1) is 26.2. The van der Waals surface area contributed by atoms with E-state index >= 15 is 0 Å². The summed E-state index contributed by atoms with van der Waals surface area (Å²) in [5.41, 5.74) is 4.71. The number of aliphatic carboxylic acids is 1. The van der Waals surface area contributed by atoms with E-state index in [1.54, 1.807) is 30.6 Å². The van der Waals surface area contributed by atoms with Crippen molar-refractivity contribution >= 4 is 34.2 Å². The van der Waals surface area contributed by atoms with E-state index in [9.17, 15) is 14.4 Å². The zero-order valence-corrected chi connectivity index (χ0v) is 29.8. The zero-order valence-electron chi connectivity index (χ0n) is 29.8. The van der Waals surface area contributed by atoms with Gasteiger partial charge in [0.25, 0.3) is 5.91 Å². The largest absolute Gasteiger partial charge is 0.479 e. The Bertz CT molecular complexity index is 2180. The standard InChI is InChI=1S/C27H26N4O4.C14H12N2O3/c1-17(2)24(26-29-20-14-9-10-18(3)23(20)27(33)35-26)30-22(32)16-34-31-25(19-11-5-4-6-12-19)21-13-7-8-15-28-21;17-13(18)10-19-16-14(11-6-2-1-3-7-11)12-8-4-5-9-15-12/h4-15,17,24H,16H2,1-3H3,(H,30,32);1-9H,10H2,(H,17,18)/t24-;/m0./s1. The Balaban J connectivity index is 0.000000249. The summed E-state index contributed by atoms with van der Waals surface area (Å²) in [5, 5.41) is 19.9. The van der Waals surface area contributed by atoms with E-state index < -0.39 is 30.2 Å². The van der Waals surface area contributed by atoms with Crippen LogP contribution in [0.1, 0.15) is 53.9 Å². The first-order valence-electron chi connectivity index (χ1n) is 17.0. The van der Waals surface area contributed by atoms with Gasteiger partial charge in [0.2, 0.25) is 12.5 Å². The van der Waals surface area contributed by atoms with Gasteiger partial charge in [-0.3, -0.25) is 14.8 Å². The van der Waals surface area contributed by atoms with Gasteiger partial charge in [0.15, 0.2) is 6.61 Å². The molecule has 0 unspecified atom stereocenters. The smallest absolute Gasteiger partial charge is 0.347 e. The maximum Gasteiger partial charge on any atom is 0.347 e. The number of carbonyl (C=O) groups excluding carboxylic acids is 1. The molecule has 0 saturated carbocycles. The van der Waals surface area contributed by atoms with E-state index in [-0.39, 0.29) is 18.4 Å². The first kappa shape index (κ1) is 38.2. The molecule has 54 heavy (non-hydrogen) atoms. The van der Waals surface area contributed by atoms with Crippen molar-refractivity contribution in [3.8, 4) is 0 Å². The van der Waals surface area contributed by atoms with Crippen LogP contribution < -0.4 is 10.9 Å². The number of nitrogens with one attached hydrogen (secondary N) is 1. The normalized spacial score (nSPS) is 12.0. The maximum absolute atomic E-state index is 12.7. The van der Waals surface area contributed by atoms with Crippen LogP contribution in [0.25, 0.3) is 10.9 Å². The van der Waals surface area contributed by atoms with E-state index in [2.05, 4.69) is 30.6 Å². The molecule has 13 nitrogen and oxygen atoms in total. The molecule has 0 bridgehead atoms. The van der Waals surface area contributed by atoms with Crippen LogP contribution in [0, 0.1) is 12.8 Å².